The van der Waals surface area contributed by atoms with Crippen LogP contribution in [0.1, 0.15) is 54.9 Å². The summed E-state index contributed by atoms with van der Waals surface area (Å²) in [5, 5.41) is 7.67. The largest absolute Gasteiger partial charge is 0.494 e. The van der Waals surface area contributed by atoms with E-state index in [0.717, 1.165) is 23.5 Å². The van der Waals surface area contributed by atoms with Gasteiger partial charge in [0.15, 0.2) is 0 Å². The molecule has 1 atom stereocenters. The number of carbonyl (C=O) groups excluding carboxylic acids is 2. The van der Waals surface area contributed by atoms with Gasteiger partial charge >= 0.3 is 0 Å². The van der Waals surface area contributed by atoms with Gasteiger partial charge in [-0.3, -0.25) is 9.59 Å². The van der Waals surface area contributed by atoms with E-state index >= 15 is 0 Å². The maximum absolute atomic E-state index is 12.2. The fraction of sp³-hybridized carbons (Fsp3) is 0.429. The summed E-state index contributed by atoms with van der Waals surface area (Å²) in [7, 11) is 0. The van der Waals surface area contributed by atoms with Crippen LogP contribution < -0.4 is 15.4 Å². The lowest BCUT2D eigenvalue weighted by atomic mass is 10.0. The van der Waals surface area contributed by atoms with Crippen LogP contribution in [0, 0.1) is 5.92 Å². The van der Waals surface area contributed by atoms with Crippen molar-refractivity contribution in [3.05, 3.63) is 52.2 Å². The summed E-state index contributed by atoms with van der Waals surface area (Å²) in [6.07, 6.45) is 2.08. The van der Waals surface area contributed by atoms with E-state index in [4.69, 9.17) is 4.74 Å². The smallest absolute Gasteiger partial charge is 0.251 e. The Bertz CT molecular complexity index is 712. The molecular formula is C21H28N2O3S. The van der Waals surface area contributed by atoms with Gasteiger partial charge in [-0.05, 0) is 48.1 Å². The van der Waals surface area contributed by atoms with E-state index < -0.39 is 0 Å². The molecule has 2 N–H and O–H groups in total. The normalized spacial score (nSPS) is 11.9. The third kappa shape index (κ3) is 6.71. The summed E-state index contributed by atoms with van der Waals surface area (Å²) in [6.45, 7) is 6.85. The van der Waals surface area contributed by atoms with Gasteiger partial charge in [-0.2, -0.15) is 0 Å². The van der Waals surface area contributed by atoms with Crippen molar-refractivity contribution in [3.8, 4) is 5.75 Å². The van der Waals surface area contributed by atoms with Crippen molar-refractivity contribution in [1.82, 2.24) is 10.6 Å². The molecule has 0 bridgehead atoms. The molecule has 1 heterocycles. The number of benzene rings is 1. The van der Waals surface area contributed by atoms with Crippen LogP contribution in [-0.2, 0) is 4.79 Å². The van der Waals surface area contributed by atoms with Gasteiger partial charge in [-0.25, -0.2) is 0 Å². The third-order valence-electron chi connectivity index (χ3n) is 4.13. The molecule has 1 aromatic carbocycles. The molecule has 0 aliphatic rings. The van der Waals surface area contributed by atoms with Gasteiger partial charge in [0.05, 0.1) is 19.2 Å². The number of unbranched alkanes of at least 4 members (excludes halogenated alkanes) is 1. The first-order valence-electron chi connectivity index (χ1n) is 9.35. The summed E-state index contributed by atoms with van der Waals surface area (Å²) in [5.74, 6) is 0.537. The Labute approximate surface area is 165 Å². The lowest BCUT2D eigenvalue weighted by molar-refractivity contribution is -0.121. The molecule has 0 saturated heterocycles. The van der Waals surface area contributed by atoms with Crippen LogP contribution in [0.5, 0.6) is 5.75 Å². The minimum Gasteiger partial charge on any atom is -0.494 e. The molecule has 1 aromatic heterocycles. The summed E-state index contributed by atoms with van der Waals surface area (Å²) in [4.78, 5) is 25.6. The highest BCUT2D eigenvalue weighted by molar-refractivity contribution is 7.10. The number of rotatable bonds is 10. The molecule has 0 spiro atoms. The van der Waals surface area contributed by atoms with E-state index in [0.29, 0.717) is 12.2 Å². The second kappa shape index (κ2) is 10.7. The number of carbonyl (C=O) groups is 2. The monoisotopic (exact) mass is 388 g/mol. The van der Waals surface area contributed by atoms with E-state index in [1.165, 1.54) is 0 Å². The molecule has 27 heavy (non-hydrogen) atoms. The van der Waals surface area contributed by atoms with Crippen molar-refractivity contribution in [3.63, 3.8) is 0 Å². The molecule has 6 heteroatoms. The molecule has 0 radical (unpaired) electrons. The van der Waals surface area contributed by atoms with E-state index in [9.17, 15) is 9.59 Å². The van der Waals surface area contributed by atoms with Gasteiger partial charge in [0.2, 0.25) is 5.91 Å². The second-order valence-electron chi connectivity index (χ2n) is 6.71. The Balaban J connectivity index is 1.82. The predicted molar refractivity (Wildman–Crippen MR) is 109 cm³/mol. The maximum atomic E-state index is 12.2. The van der Waals surface area contributed by atoms with Crippen molar-refractivity contribution in [1.29, 1.82) is 0 Å². The first-order valence-corrected chi connectivity index (χ1v) is 10.2. The Morgan fingerprint density at radius 1 is 1.15 bits per heavy atom. The molecule has 2 amide bonds. The first-order chi connectivity index (χ1) is 13.0. The highest BCUT2D eigenvalue weighted by Crippen LogP contribution is 2.25. The summed E-state index contributed by atoms with van der Waals surface area (Å²) in [5.41, 5.74) is 0.504. The standard InChI is InChI=1S/C21H28N2O3S/c1-4-5-12-26-17-10-8-16(9-11-17)21(25)22-14-19(24)23-20(15(2)3)18-7-6-13-27-18/h6-11,13,15,20H,4-5,12,14H2,1-3H3,(H,22,25)(H,23,24). The number of hydrogen-bond donors (Lipinski definition) is 2. The van der Waals surface area contributed by atoms with Crippen molar-refractivity contribution in [2.75, 3.05) is 13.2 Å². The molecule has 0 saturated carbocycles. The van der Waals surface area contributed by atoms with E-state index in [2.05, 4.69) is 31.4 Å². The average Bonchev–Trinajstić information content (AvgIpc) is 3.19. The lowest BCUT2D eigenvalue weighted by Crippen LogP contribution is -2.39. The minimum absolute atomic E-state index is 0.0473. The fourth-order valence-electron chi connectivity index (χ4n) is 2.56. The summed E-state index contributed by atoms with van der Waals surface area (Å²) in [6, 6.07) is 10.9. The maximum Gasteiger partial charge on any atom is 0.251 e. The van der Waals surface area contributed by atoms with Gasteiger partial charge in [-0.1, -0.05) is 33.3 Å². The van der Waals surface area contributed by atoms with Gasteiger partial charge in [-0.15, -0.1) is 11.3 Å². The fourth-order valence-corrected chi connectivity index (χ4v) is 3.51. The third-order valence-corrected chi connectivity index (χ3v) is 5.08. The summed E-state index contributed by atoms with van der Waals surface area (Å²) >= 11 is 1.62. The van der Waals surface area contributed by atoms with E-state index in [-0.39, 0.29) is 30.3 Å². The minimum atomic E-state index is -0.275. The van der Waals surface area contributed by atoms with Crippen LogP contribution in [-0.4, -0.2) is 25.0 Å². The highest BCUT2D eigenvalue weighted by Gasteiger charge is 2.19. The van der Waals surface area contributed by atoms with E-state index in [1.54, 1.807) is 35.6 Å². The molecule has 0 aliphatic heterocycles. The van der Waals surface area contributed by atoms with Gasteiger partial charge in [0.25, 0.3) is 5.91 Å². The number of amides is 2. The SMILES string of the molecule is CCCCOc1ccc(C(=O)NCC(=O)NC(c2cccs2)C(C)C)cc1. The zero-order valence-electron chi connectivity index (χ0n) is 16.2. The Hall–Kier alpha value is -2.34. The Kier molecular flexibility index (Phi) is 8.33. The highest BCUT2D eigenvalue weighted by atomic mass is 32.1. The average molecular weight is 389 g/mol. The van der Waals surface area contributed by atoms with Crippen molar-refractivity contribution < 1.29 is 14.3 Å². The van der Waals surface area contributed by atoms with Gasteiger partial charge < -0.3 is 15.4 Å². The second-order valence-corrected chi connectivity index (χ2v) is 7.69. The van der Waals surface area contributed by atoms with Crippen LogP contribution in [0.4, 0.5) is 0 Å². The van der Waals surface area contributed by atoms with Gasteiger partial charge in [0.1, 0.15) is 5.75 Å². The quantitative estimate of drug-likeness (QED) is 0.600. The van der Waals surface area contributed by atoms with Crippen LogP contribution in [0.25, 0.3) is 0 Å². The topological polar surface area (TPSA) is 67.4 Å². The lowest BCUT2D eigenvalue weighted by Gasteiger charge is -2.21. The molecule has 2 rings (SSSR count). The molecule has 146 valence electrons. The molecule has 0 aliphatic carbocycles. The zero-order chi connectivity index (χ0) is 19.6. The predicted octanol–water partition coefficient (Wildman–Crippen LogP) is 4.17. The van der Waals surface area contributed by atoms with Crippen molar-refractivity contribution in [2.45, 2.75) is 39.7 Å². The zero-order valence-corrected chi connectivity index (χ0v) is 17.0. The van der Waals surface area contributed by atoms with Crippen LogP contribution in [0.2, 0.25) is 0 Å². The van der Waals surface area contributed by atoms with E-state index in [1.807, 2.05) is 17.5 Å². The van der Waals surface area contributed by atoms with Crippen LogP contribution >= 0.6 is 11.3 Å². The summed E-state index contributed by atoms with van der Waals surface area (Å²) < 4.78 is 5.59. The molecule has 0 fully saturated rings. The molecular weight excluding hydrogens is 360 g/mol. The molecule has 5 nitrogen and oxygen atoms in total. The molecule has 2 aromatic rings. The Morgan fingerprint density at radius 3 is 2.48 bits per heavy atom. The number of nitrogens with one attached hydrogen (secondary N) is 2. The Morgan fingerprint density at radius 2 is 1.89 bits per heavy atom. The van der Waals surface area contributed by atoms with Crippen LogP contribution in [0.15, 0.2) is 41.8 Å². The van der Waals surface area contributed by atoms with Crippen molar-refractivity contribution in [2.24, 2.45) is 5.92 Å². The van der Waals surface area contributed by atoms with Crippen molar-refractivity contribution >= 4 is 23.2 Å². The first kappa shape index (κ1) is 21.0. The van der Waals surface area contributed by atoms with Crippen LogP contribution in [0.3, 0.4) is 0 Å². The molecule has 1 unspecified atom stereocenters. The van der Waals surface area contributed by atoms with Gasteiger partial charge in [0, 0.05) is 10.4 Å². The number of thiophene rings is 1. The number of ether oxygens (including phenoxy) is 1. The number of hydrogen-bond acceptors (Lipinski definition) is 4.